The molecule has 5 nitrogen and oxygen atoms in total. The van der Waals surface area contributed by atoms with Gasteiger partial charge in [0.25, 0.3) is 0 Å². The minimum Gasteiger partial charge on any atom is -0.393 e. The molecule has 2 fully saturated rings. The molecule has 1 aromatic rings. The van der Waals surface area contributed by atoms with Crippen LogP contribution < -0.4 is 10.6 Å². The monoisotopic (exact) mass is 363 g/mol. The standard InChI is InChI=1S/C20H30FN3O2/c1-24(12-15-4-2-3-5-18(15)21)13-19(26)23-20(16-10-17(25)11-16)14-6-8-22-9-7-14/h2-5,14,16-17,20,22,25H,6-13H2,1H3,(H,23,26)/t16?,17?,20-/m0/s1. The number of aliphatic hydroxyl groups is 1. The zero-order valence-corrected chi connectivity index (χ0v) is 15.5. The van der Waals surface area contributed by atoms with Crippen LogP contribution in [0.1, 0.15) is 31.2 Å². The molecule has 0 bridgehead atoms. The average molecular weight is 363 g/mol. The molecular weight excluding hydrogens is 333 g/mol. The Bertz CT molecular complexity index is 600. The van der Waals surface area contributed by atoms with Crippen molar-refractivity contribution < 1.29 is 14.3 Å². The highest BCUT2D eigenvalue weighted by Crippen LogP contribution is 2.35. The van der Waals surface area contributed by atoms with E-state index in [1.807, 2.05) is 11.9 Å². The van der Waals surface area contributed by atoms with Crippen LogP contribution in [0.3, 0.4) is 0 Å². The molecule has 1 aliphatic heterocycles. The van der Waals surface area contributed by atoms with Crippen LogP contribution in [-0.4, -0.2) is 54.7 Å². The Labute approximate surface area is 155 Å². The zero-order chi connectivity index (χ0) is 18.5. The Morgan fingerprint density at radius 1 is 1.31 bits per heavy atom. The summed E-state index contributed by atoms with van der Waals surface area (Å²) in [6.07, 6.45) is 3.45. The van der Waals surface area contributed by atoms with E-state index in [1.54, 1.807) is 18.2 Å². The number of halogens is 1. The third-order valence-corrected chi connectivity index (χ3v) is 5.69. The van der Waals surface area contributed by atoms with Gasteiger partial charge in [-0.1, -0.05) is 18.2 Å². The maximum Gasteiger partial charge on any atom is 0.234 e. The highest BCUT2D eigenvalue weighted by Gasteiger charge is 2.39. The molecule has 144 valence electrons. The molecule has 1 atom stereocenters. The number of carbonyl (C=O) groups is 1. The second-order valence-corrected chi connectivity index (χ2v) is 7.83. The van der Waals surface area contributed by atoms with E-state index >= 15 is 0 Å². The van der Waals surface area contributed by atoms with Crippen molar-refractivity contribution in [2.45, 2.75) is 44.4 Å². The number of hydrogen-bond donors (Lipinski definition) is 3. The Morgan fingerprint density at radius 2 is 2.00 bits per heavy atom. The van der Waals surface area contributed by atoms with Gasteiger partial charge in [0, 0.05) is 18.2 Å². The van der Waals surface area contributed by atoms with Gasteiger partial charge < -0.3 is 15.7 Å². The van der Waals surface area contributed by atoms with Crippen LogP contribution in [0.4, 0.5) is 4.39 Å². The molecule has 1 amide bonds. The molecule has 3 rings (SSSR count). The summed E-state index contributed by atoms with van der Waals surface area (Å²) < 4.78 is 13.8. The molecule has 0 radical (unpaired) electrons. The van der Waals surface area contributed by atoms with E-state index in [4.69, 9.17) is 0 Å². The van der Waals surface area contributed by atoms with Crippen molar-refractivity contribution in [1.82, 2.24) is 15.5 Å². The summed E-state index contributed by atoms with van der Waals surface area (Å²) in [5.74, 6) is 0.577. The van der Waals surface area contributed by atoms with Gasteiger partial charge >= 0.3 is 0 Å². The Morgan fingerprint density at radius 3 is 2.65 bits per heavy atom. The van der Waals surface area contributed by atoms with Crippen LogP contribution in [0.15, 0.2) is 24.3 Å². The van der Waals surface area contributed by atoms with E-state index in [9.17, 15) is 14.3 Å². The topological polar surface area (TPSA) is 64.6 Å². The normalized spacial score (nSPS) is 24.9. The van der Waals surface area contributed by atoms with Crippen molar-refractivity contribution in [3.8, 4) is 0 Å². The van der Waals surface area contributed by atoms with Crippen molar-refractivity contribution in [3.63, 3.8) is 0 Å². The first-order valence-electron chi connectivity index (χ1n) is 9.63. The molecule has 3 N–H and O–H groups in total. The first kappa shape index (κ1) is 19.3. The minimum absolute atomic E-state index is 0.0197. The summed E-state index contributed by atoms with van der Waals surface area (Å²) in [4.78, 5) is 14.4. The second kappa shape index (κ2) is 8.93. The lowest BCUT2D eigenvalue weighted by Crippen LogP contribution is -2.54. The van der Waals surface area contributed by atoms with Crippen LogP contribution in [0.2, 0.25) is 0 Å². The molecule has 1 heterocycles. The summed E-state index contributed by atoms with van der Waals surface area (Å²) in [5.41, 5.74) is 0.597. The fourth-order valence-electron chi connectivity index (χ4n) is 4.20. The summed E-state index contributed by atoms with van der Waals surface area (Å²) in [5, 5.41) is 16.3. The molecule has 0 aromatic heterocycles. The molecule has 1 saturated carbocycles. The van der Waals surface area contributed by atoms with E-state index < -0.39 is 0 Å². The lowest BCUT2D eigenvalue weighted by molar-refractivity contribution is -0.124. The lowest BCUT2D eigenvalue weighted by atomic mass is 9.71. The number of hydrogen-bond acceptors (Lipinski definition) is 4. The minimum atomic E-state index is -0.240. The van der Waals surface area contributed by atoms with Gasteiger partial charge in [-0.2, -0.15) is 0 Å². The fraction of sp³-hybridized carbons (Fsp3) is 0.650. The number of benzene rings is 1. The van der Waals surface area contributed by atoms with E-state index in [0.717, 1.165) is 38.8 Å². The lowest BCUT2D eigenvalue weighted by Gasteiger charge is -2.43. The van der Waals surface area contributed by atoms with E-state index in [-0.39, 0.29) is 30.4 Å². The summed E-state index contributed by atoms with van der Waals surface area (Å²) in [6, 6.07) is 6.80. The first-order chi connectivity index (χ1) is 12.5. The molecule has 1 aliphatic carbocycles. The number of nitrogens with one attached hydrogen (secondary N) is 2. The number of aliphatic hydroxyl groups excluding tert-OH is 1. The zero-order valence-electron chi connectivity index (χ0n) is 15.5. The maximum absolute atomic E-state index is 13.8. The van der Waals surface area contributed by atoms with Gasteiger partial charge in [0.1, 0.15) is 5.82 Å². The van der Waals surface area contributed by atoms with Crippen LogP contribution in [-0.2, 0) is 11.3 Å². The number of piperidine rings is 1. The van der Waals surface area contributed by atoms with Gasteiger partial charge in [-0.25, -0.2) is 4.39 Å². The predicted octanol–water partition coefficient (Wildman–Crippen LogP) is 1.51. The van der Waals surface area contributed by atoms with Crippen LogP contribution >= 0.6 is 0 Å². The molecule has 1 saturated heterocycles. The highest BCUT2D eigenvalue weighted by atomic mass is 19.1. The fourth-order valence-corrected chi connectivity index (χ4v) is 4.20. The SMILES string of the molecule is CN(CC(=O)N[C@@H](C1CCNCC1)C1CC(O)C1)Cc1ccccc1F. The van der Waals surface area contributed by atoms with Gasteiger partial charge in [0.05, 0.1) is 12.6 Å². The third kappa shape index (κ3) is 5.02. The summed E-state index contributed by atoms with van der Waals surface area (Å²) >= 11 is 0. The summed E-state index contributed by atoms with van der Waals surface area (Å²) in [7, 11) is 1.83. The maximum atomic E-state index is 13.8. The molecule has 0 unspecified atom stereocenters. The van der Waals surface area contributed by atoms with Gasteiger partial charge in [-0.05, 0) is 63.7 Å². The molecule has 6 heteroatoms. The van der Waals surface area contributed by atoms with Crippen molar-refractivity contribution in [1.29, 1.82) is 0 Å². The van der Waals surface area contributed by atoms with Crippen molar-refractivity contribution >= 4 is 5.91 Å². The molecule has 0 spiro atoms. The highest BCUT2D eigenvalue weighted by molar-refractivity contribution is 5.78. The van der Waals surface area contributed by atoms with Crippen molar-refractivity contribution in [2.24, 2.45) is 11.8 Å². The van der Waals surface area contributed by atoms with E-state index in [1.165, 1.54) is 6.07 Å². The molecular formula is C20H30FN3O2. The van der Waals surface area contributed by atoms with Gasteiger partial charge in [-0.15, -0.1) is 0 Å². The Kier molecular flexibility index (Phi) is 6.62. The molecule has 1 aromatic carbocycles. The van der Waals surface area contributed by atoms with Crippen LogP contribution in [0, 0.1) is 17.7 Å². The smallest absolute Gasteiger partial charge is 0.234 e. The number of carbonyl (C=O) groups excluding carboxylic acids is 1. The number of nitrogens with zero attached hydrogens (tertiary/aromatic N) is 1. The average Bonchev–Trinajstić information content (AvgIpc) is 2.60. The number of likely N-dealkylation sites (N-methyl/N-ethyl adjacent to an activating group) is 1. The van der Waals surface area contributed by atoms with E-state index in [0.29, 0.717) is 23.9 Å². The summed E-state index contributed by atoms with van der Waals surface area (Å²) in [6.45, 7) is 2.62. The van der Waals surface area contributed by atoms with Crippen molar-refractivity contribution in [3.05, 3.63) is 35.6 Å². The predicted molar refractivity (Wildman–Crippen MR) is 99.0 cm³/mol. The van der Waals surface area contributed by atoms with Crippen LogP contribution in [0.25, 0.3) is 0 Å². The number of rotatable bonds is 7. The van der Waals surface area contributed by atoms with Gasteiger partial charge in [-0.3, -0.25) is 9.69 Å². The largest absolute Gasteiger partial charge is 0.393 e. The quantitative estimate of drug-likeness (QED) is 0.687. The number of amides is 1. The van der Waals surface area contributed by atoms with Crippen molar-refractivity contribution in [2.75, 3.05) is 26.7 Å². The Hall–Kier alpha value is -1.50. The third-order valence-electron chi connectivity index (χ3n) is 5.69. The van der Waals surface area contributed by atoms with Gasteiger partial charge in [0.15, 0.2) is 0 Å². The Balaban J connectivity index is 1.54. The molecule has 26 heavy (non-hydrogen) atoms. The van der Waals surface area contributed by atoms with E-state index in [2.05, 4.69) is 10.6 Å². The van der Waals surface area contributed by atoms with Gasteiger partial charge in [0.2, 0.25) is 5.91 Å². The molecule has 2 aliphatic rings. The second-order valence-electron chi connectivity index (χ2n) is 7.83. The van der Waals surface area contributed by atoms with Crippen LogP contribution in [0.5, 0.6) is 0 Å². The first-order valence-corrected chi connectivity index (χ1v) is 9.63.